The van der Waals surface area contributed by atoms with Gasteiger partial charge in [-0.1, -0.05) is 42.5 Å². The van der Waals surface area contributed by atoms with Crippen LogP contribution in [0, 0.1) is 6.92 Å². The van der Waals surface area contributed by atoms with E-state index < -0.39 is 0 Å². The van der Waals surface area contributed by atoms with E-state index in [0.29, 0.717) is 0 Å². The van der Waals surface area contributed by atoms with Crippen molar-refractivity contribution in [2.75, 3.05) is 0 Å². The van der Waals surface area contributed by atoms with E-state index >= 15 is 0 Å². The van der Waals surface area contributed by atoms with Crippen molar-refractivity contribution in [1.29, 1.82) is 0 Å². The zero-order valence-corrected chi connectivity index (χ0v) is 12.1. The Labute approximate surface area is 120 Å². The fourth-order valence-corrected chi connectivity index (χ4v) is 3.34. The van der Waals surface area contributed by atoms with Crippen LogP contribution in [-0.4, -0.2) is 0 Å². The number of fused-ring (bicyclic) bond motifs is 1. The highest BCUT2D eigenvalue weighted by Crippen LogP contribution is 2.33. The molecule has 0 amide bonds. The predicted molar refractivity (Wildman–Crippen MR) is 82.0 cm³/mol. The van der Waals surface area contributed by atoms with Crippen LogP contribution in [0.1, 0.15) is 46.0 Å². The van der Waals surface area contributed by atoms with Crippen molar-refractivity contribution in [3.05, 3.63) is 70.3 Å². The maximum atomic E-state index is 6.68. The molecule has 0 spiro atoms. The molecule has 19 heavy (non-hydrogen) atoms. The molecule has 0 saturated carbocycles. The van der Waals surface area contributed by atoms with E-state index in [1.807, 2.05) is 0 Å². The second-order valence-corrected chi connectivity index (χ2v) is 5.89. The Hall–Kier alpha value is -1.27. The minimum atomic E-state index is -0.0339. The number of aryl methyl sites for hydroxylation is 3. The monoisotopic (exact) mass is 270 g/mol. The zero-order valence-electron chi connectivity index (χ0n) is 11.3. The Morgan fingerprint density at radius 2 is 1.68 bits per heavy atom. The maximum absolute atomic E-state index is 6.68. The SMILES string of the molecule is Cc1ccccc1C(Cl)c1ccc2c(c1)CCCC2. The lowest BCUT2D eigenvalue weighted by Gasteiger charge is -2.19. The zero-order chi connectivity index (χ0) is 13.2. The molecule has 3 rings (SSSR count). The van der Waals surface area contributed by atoms with Crippen molar-refractivity contribution in [1.82, 2.24) is 0 Å². The molecule has 0 radical (unpaired) electrons. The second-order valence-electron chi connectivity index (χ2n) is 5.45. The predicted octanol–water partition coefficient (Wildman–Crippen LogP) is 5.20. The third-order valence-corrected chi connectivity index (χ3v) is 4.61. The lowest BCUT2D eigenvalue weighted by Crippen LogP contribution is -2.04. The molecular weight excluding hydrogens is 252 g/mol. The van der Waals surface area contributed by atoms with Crippen LogP contribution in [0.25, 0.3) is 0 Å². The minimum absolute atomic E-state index is 0.0339. The Morgan fingerprint density at radius 3 is 2.47 bits per heavy atom. The molecule has 1 unspecified atom stereocenters. The highest BCUT2D eigenvalue weighted by atomic mass is 35.5. The van der Waals surface area contributed by atoms with Gasteiger partial charge in [0.1, 0.15) is 0 Å². The first kappa shape index (κ1) is 12.7. The van der Waals surface area contributed by atoms with Crippen LogP contribution in [0.15, 0.2) is 42.5 Å². The average molecular weight is 271 g/mol. The standard InChI is InChI=1S/C18H19Cl/c1-13-6-2-5-9-17(13)18(19)16-11-10-14-7-3-4-8-15(14)12-16/h2,5-6,9-12,18H,3-4,7-8H2,1H3. The summed E-state index contributed by atoms with van der Waals surface area (Å²) < 4.78 is 0. The van der Waals surface area contributed by atoms with Gasteiger partial charge in [0.05, 0.1) is 5.38 Å². The fourth-order valence-electron chi connectivity index (χ4n) is 2.96. The van der Waals surface area contributed by atoms with Crippen LogP contribution in [0.2, 0.25) is 0 Å². The normalized spacial score (nSPS) is 15.9. The lowest BCUT2D eigenvalue weighted by molar-refractivity contribution is 0.684. The highest BCUT2D eigenvalue weighted by Gasteiger charge is 2.16. The molecule has 0 N–H and O–H groups in total. The summed E-state index contributed by atoms with van der Waals surface area (Å²) in [6.07, 6.45) is 5.08. The fraction of sp³-hybridized carbons (Fsp3) is 0.333. The number of hydrogen-bond acceptors (Lipinski definition) is 0. The summed E-state index contributed by atoms with van der Waals surface area (Å²) in [5.41, 5.74) is 6.74. The van der Waals surface area contributed by atoms with E-state index in [0.717, 1.165) is 0 Å². The van der Waals surface area contributed by atoms with Crippen LogP contribution in [-0.2, 0) is 12.8 Å². The molecule has 0 aliphatic heterocycles. The van der Waals surface area contributed by atoms with Gasteiger partial charge in [0, 0.05) is 0 Å². The summed E-state index contributed by atoms with van der Waals surface area (Å²) in [6, 6.07) is 15.2. The summed E-state index contributed by atoms with van der Waals surface area (Å²) in [7, 11) is 0. The second kappa shape index (κ2) is 5.38. The number of benzene rings is 2. The molecule has 1 heteroatoms. The molecule has 0 fully saturated rings. The molecule has 1 aliphatic rings. The van der Waals surface area contributed by atoms with Gasteiger partial charge in [-0.2, -0.15) is 0 Å². The topological polar surface area (TPSA) is 0 Å². The van der Waals surface area contributed by atoms with Gasteiger partial charge in [0.15, 0.2) is 0 Å². The smallest absolute Gasteiger partial charge is 0.0838 e. The highest BCUT2D eigenvalue weighted by molar-refractivity contribution is 6.22. The van der Waals surface area contributed by atoms with E-state index in [4.69, 9.17) is 11.6 Å². The van der Waals surface area contributed by atoms with Crippen molar-refractivity contribution >= 4 is 11.6 Å². The molecule has 0 heterocycles. The van der Waals surface area contributed by atoms with Crippen molar-refractivity contribution < 1.29 is 0 Å². The summed E-state index contributed by atoms with van der Waals surface area (Å²) >= 11 is 6.68. The molecular formula is C18H19Cl. The largest absolute Gasteiger partial charge is 0.113 e. The van der Waals surface area contributed by atoms with Crippen molar-refractivity contribution in [3.8, 4) is 0 Å². The number of hydrogen-bond donors (Lipinski definition) is 0. The molecule has 98 valence electrons. The quantitative estimate of drug-likeness (QED) is 0.658. The van der Waals surface area contributed by atoms with E-state index in [2.05, 4.69) is 49.4 Å². The van der Waals surface area contributed by atoms with Crippen LogP contribution < -0.4 is 0 Å². The molecule has 2 aromatic carbocycles. The molecule has 0 saturated heterocycles. The first-order chi connectivity index (χ1) is 9.25. The van der Waals surface area contributed by atoms with Crippen LogP contribution in [0.4, 0.5) is 0 Å². The van der Waals surface area contributed by atoms with E-state index in [1.165, 1.54) is 53.5 Å². The Bertz CT molecular complexity index is 586. The number of halogens is 1. The summed E-state index contributed by atoms with van der Waals surface area (Å²) in [4.78, 5) is 0. The van der Waals surface area contributed by atoms with Gasteiger partial charge in [-0.3, -0.25) is 0 Å². The van der Waals surface area contributed by atoms with E-state index in [9.17, 15) is 0 Å². The Balaban J connectivity index is 1.96. The van der Waals surface area contributed by atoms with Crippen molar-refractivity contribution in [3.63, 3.8) is 0 Å². The van der Waals surface area contributed by atoms with Gasteiger partial charge in [-0.15, -0.1) is 11.6 Å². The summed E-state index contributed by atoms with van der Waals surface area (Å²) in [5.74, 6) is 0. The van der Waals surface area contributed by atoms with Gasteiger partial charge < -0.3 is 0 Å². The summed E-state index contributed by atoms with van der Waals surface area (Å²) in [6.45, 7) is 2.13. The van der Waals surface area contributed by atoms with Crippen LogP contribution >= 0.6 is 11.6 Å². The maximum Gasteiger partial charge on any atom is 0.0838 e. The average Bonchev–Trinajstić information content (AvgIpc) is 2.46. The Kier molecular flexibility index (Phi) is 3.61. The first-order valence-corrected chi connectivity index (χ1v) is 7.50. The molecule has 1 aliphatic carbocycles. The van der Waals surface area contributed by atoms with Gasteiger partial charge >= 0.3 is 0 Å². The molecule has 1 atom stereocenters. The first-order valence-electron chi connectivity index (χ1n) is 7.07. The van der Waals surface area contributed by atoms with E-state index in [1.54, 1.807) is 0 Å². The Morgan fingerprint density at radius 1 is 0.947 bits per heavy atom. The molecule has 2 aromatic rings. The number of rotatable bonds is 2. The molecule has 0 nitrogen and oxygen atoms in total. The molecule has 0 aromatic heterocycles. The minimum Gasteiger partial charge on any atom is -0.113 e. The van der Waals surface area contributed by atoms with Gasteiger partial charge in [-0.05, 0) is 60.4 Å². The van der Waals surface area contributed by atoms with Crippen LogP contribution in [0.5, 0.6) is 0 Å². The third kappa shape index (κ3) is 2.55. The van der Waals surface area contributed by atoms with E-state index in [-0.39, 0.29) is 5.38 Å². The summed E-state index contributed by atoms with van der Waals surface area (Å²) in [5, 5.41) is -0.0339. The van der Waals surface area contributed by atoms with Crippen molar-refractivity contribution in [2.24, 2.45) is 0 Å². The van der Waals surface area contributed by atoms with Crippen LogP contribution in [0.3, 0.4) is 0 Å². The molecule has 0 bridgehead atoms. The van der Waals surface area contributed by atoms with Gasteiger partial charge in [0.25, 0.3) is 0 Å². The number of alkyl halides is 1. The van der Waals surface area contributed by atoms with Gasteiger partial charge in [-0.25, -0.2) is 0 Å². The van der Waals surface area contributed by atoms with Crippen molar-refractivity contribution in [2.45, 2.75) is 38.0 Å². The van der Waals surface area contributed by atoms with Gasteiger partial charge in [0.2, 0.25) is 0 Å². The third-order valence-electron chi connectivity index (χ3n) is 4.13. The lowest BCUT2D eigenvalue weighted by atomic mass is 9.89.